The van der Waals surface area contributed by atoms with Gasteiger partial charge in [-0.1, -0.05) is 13.8 Å². The van der Waals surface area contributed by atoms with Crippen molar-refractivity contribution < 1.29 is 18.0 Å². The molecular formula is C22H26IN3O4S. The van der Waals surface area contributed by atoms with Gasteiger partial charge in [-0.05, 0) is 84.2 Å². The fourth-order valence-corrected chi connectivity index (χ4v) is 7.81. The second kappa shape index (κ2) is 7.54. The van der Waals surface area contributed by atoms with Crippen LogP contribution in [-0.4, -0.2) is 43.4 Å². The van der Waals surface area contributed by atoms with E-state index in [9.17, 15) is 18.0 Å². The molecule has 5 atom stereocenters. The minimum atomic E-state index is -3.99. The maximum atomic E-state index is 13.6. The van der Waals surface area contributed by atoms with Crippen molar-refractivity contribution >= 4 is 55.8 Å². The third kappa shape index (κ3) is 3.42. The molecule has 9 heteroatoms. The highest BCUT2D eigenvalue weighted by molar-refractivity contribution is 14.1. The third-order valence-corrected chi connectivity index (χ3v) is 9.30. The van der Waals surface area contributed by atoms with Crippen molar-refractivity contribution in [1.82, 2.24) is 4.90 Å². The van der Waals surface area contributed by atoms with E-state index in [1.54, 1.807) is 18.2 Å². The molecule has 2 aliphatic heterocycles. The first-order valence-electron chi connectivity index (χ1n) is 10.9. The Hall–Kier alpha value is -1.49. The van der Waals surface area contributed by atoms with Gasteiger partial charge in [0.25, 0.3) is 10.0 Å². The van der Waals surface area contributed by atoms with Gasteiger partial charge in [-0.25, -0.2) is 0 Å². The quantitative estimate of drug-likeness (QED) is 0.455. The van der Waals surface area contributed by atoms with Crippen molar-refractivity contribution in [1.29, 1.82) is 0 Å². The zero-order chi connectivity index (χ0) is 22.1. The Kier molecular flexibility index (Phi) is 5.19. The number of halogens is 1. The van der Waals surface area contributed by atoms with Gasteiger partial charge in [0.05, 0.1) is 5.69 Å². The first-order valence-corrected chi connectivity index (χ1v) is 13.4. The summed E-state index contributed by atoms with van der Waals surface area (Å²) in [6, 6.07) is 4.96. The van der Waals surface area contributed by atoms with Gasteiger partial charge in [-0.15, -0.1) is 4.40 Å². The first-order chi connectivity index (χ1) is 14.7. The van der Waals surface area contributed by atoms with Crippen LogP contribution in [0.2, 0.25) is 0 Å². The Morgan fingerprint density at radius 2 is 1.97 bits per heavy atom. The number of sulfonamides is 1. The van der Waals surface area contributed by atoms with Crippen LogP contribution in [0.25, 0.3) is 0 Å². The zero-order valence-corrected chi connectivity index (χ0v) is 20.5. The van der Waals surface area contributed by atoms with Crippen molar-refractivity contribution in [2.45, 2.75) is 50.5 Å². The molecule has 2 bridgehead atoms. The van der Waals surface area contributed by atoms with Gasteiger partial charge < -0.3 is 10.2 Å². The van der Waals surface area contributed by atoms with E-state index in [1.807, 2.05) is 27.5 Å². The van der Waals surface area contributed by atoms with E-state index in [0.29, 0.717) is 24.1 Å². The molecule has 4 aliphatic rings. The number of carbonyl (C=O) groups excluding carboxylic acids is 2. The average molecular weight is 555 g/mol. The van der Waals surface area contributed by atoms with Crippen LogP contribution in [0.1, 0.15) is 39.5 Å². The van der Waals surface area contributed by atoms with Crippen LogP contribution in [0, 0.1) is 33.2 Å². The Balaban J connectivity index is 1.54. The SMILES string of the molecule is CC(C)CCN1C(=O)C(C2=NS(=O)(=O)c3cc(I)ccc3N2)C(=O)[C@@H]2[C@H]3CC[C@H](C3)[C@@H]21. The monoisotopic (exact) mass is 555 g/mol. The number of anilines is 1. The number of carbonyl (C=O) groups is 2. The summed E-state index contributed by atoms with van der Waals surface area (Å²) in [7, 11) is -3.99. The van der Waals surface area contributed by atoms with Crippen LogP contribution in [0.15, 0.2) is 27.5 Å². The van der Waals surface area contributed by atoms with E-state index < -0.39 is 15.9 Å². The van der Waals surface area contributed by atoms with E-state index in [0.717, 1.165) is 29.3 Å². The topological polar surface area (TPSA) is 95.9 Å². The number of ketones is 1. The van der Waals surface area contributed by atoms with Gasteiger partial charge in [0.2, 0.25) is 5.91 Å². The van der Waals surface area contributed by atoms with Crippen molar-refractivity contribution in [3.63, 3.8) is 0 Å². The molecule has 2 heterocycles. The van der Waals surface area contributed by atoms with Crippen molar-refractivity contribution in [3.05, 3.63) is 21.8 Å². The molecule has 7 nitrogen and oxygen atoms in total. The van der Waals surface area contributed by atoms with Gasteiger partial charge in [0.15, 0.2) is 11.7 Å². The second-order valence-corrected chi connectivity index (χ2v) is 12.4. The van der Waals surface area contributed by atoms with Crippen molar-refractivity contribution in [3.8, 4) is 0 Å². The summed E-state index contributed by atoms with van der Waals surface area (Å²) in [6.07, 6.45) is 3.91. The molecule has 1 N–H and O–H groups in total. The molecule has 0 aromatic heterocycles. The van der Waals surface area contributed by atoms with Gasteiger partial charge >= 0.3 is 0 Å². The molecule has 1 saturated heterocycles. The number of nitrogens with zero attached hydrogens (tertiary/aromatic N) is 2. The fraction of sp³-hybridized carbons (Fsp3) is 0.591. The molecule has 1 aromatic carbocycles. The summed E-state index contributed by atoms with van der Waals surface area (Å²) in [5.41, 5.74) is 0.370. The lowest BCUT2D eigenvalue weighted by Gasteiger charge is -2.46. The maximum Gasteiger partial charge on any atom is 0.286 e. The summed E-state index contributed by atoms with van der Waals surface area (Å²) in [6.45, 7) is 4.83. The Labute approximate surface area is 196 Å². The average Bonchev–Trinajstić information content (AvgIpc) is 3.30. The number of Topliss-reactive ketones (excluding diaryl/α,β-unsaturated/α-hetero) is 1. The normalized spacial score (nSPS) is 33.2. The summed E-state index contributed by atoms with van der Waals surface area (Å²) in [4.78, 5) is 29.2. The zero-order valence-electron chi connectivity index (χ0n) is 17.5. The molecule has 1 unspecified atom stereocenters. The molecule has 1 aromatic rings. The highest BCUT2D eigenvalue weighted by Crippen LogP contribution is 2.54. The van der Waals surface area contributed by atoms with E-state index in [1.165, 1.54) is 0 Å². The van der Waals surface area contributed by atoms with E-state index in [-0.39, 0.29) is 40.3 Å². The number of hydrogen-bond donors (Lipinski definition) is 1. The predicted octanol–water partition coefficient (Wildman–Crippen LogP) is 3.29. The molecule has 166 valence electrons. The fourth-order valence-electron chi connectivity index (χ4n) is 5.92. The predicted molar refractivity (Wildman–Crippen MR) is 125 cm³/mol. The van der Waals surface area contributed by atoms with Crippen LogP contribution in [-0.2, 0) is 19.6 Å². The highest BCUT2D eigenvalue weighted by atomic mass is 127. The number of hydrogen-bond acceptors (Lipinski definition) is 5. The van der Waals surface area contributed by atoms with Gasteiger partial charge in [0.1, 0.15) is 10.7 Å². The Bertz CT molecular complexity index is 1100. The summed E-state index contributed by atoms with van der Waals surface area (Å²) < 4.78 is 30.5. The maximum absolute atomic E-state index is 13.6. The van der Waals surface area contributed by atoms with Crippen molar-refractivity contribution in [2.24, 2.45) is 34.0 Å². The molecule has 2 saturated carbocycles. The van der Waals surface area contributed by atoms with Crippen LogP contribution < -0.4 is 5.32 Å². The van der Waals surface area contributed by atoms with Crippen LogP contribution in [0.3, 0.4) is 0 Å². The van der Waals surface area contributed by atoms with Gasteiger partial charge in [-0.2, -0.15) is 8.42 Å². The molecule has 3 fully saturated rings. The molecule has 31 heavy (non-hydrogen) atoms. The largest absolute Gasteiger partial charge is 0.341 e. The summed E-state index contributed by atoms with van der Waals surface area (Å²) in [5, 5.41) is 3.02. The lowest BCUT2D eigenvalue weighted by atomic mass is 9.73. The minimum Gasteiger partial charge on any atom is -0.341 e. The van der Waals surface area contributed by atoms with E-state index >= 15 is 0 Å². The molecule has 5 rings (SSSR count). The second-order valence-electron chi connectivity index (χ2n) is 9.62. The Morgan fingerprint density at radius 1 is 1.23 bits per heavy atom. The van der Waals surface area contributed by atoms with Gasteiger partial charge in [0, 0.05) is 22.1 Å². The smallest absolute Gasteiger partial charge is 0.286 e. The number of amides is 1. The lowest BCUT2D eigenvalue weighted by molar-refractivity contribution is -0.152. The number of piperidine rings is 1. The highest BCUT2D eigenvalue weighted by Gasteiger charge is 2.60. The molecule has 1 amide bonds. The van der Waals surface area contributed by atoms with E-state index in [4.69, 9.17) is 0 Å². The summed E-state index contributed by atoms with van der Waals surface area (Å²) in [5.74, 6) is -0.777. The summed E-state index contributed by atoms with van der Waals surface area (Å²) >= 11 is 2.05. The van der Waals surface area contributed by atoms with Crippen LogP contribution in [0.5, 0.6) is 0 Å². The molecule has 0 spiro atoms. The van der Waals surface area contributed by atoms with E-state index in [2.05, 4.69) is 23.6 Å². The number of amidine groups is 1. The lowest BCUT2D eigenvalue weighted by Crippen LogP contribution is -2.62. The molecule has 2 aliphatic carbocycles. The number of rotatable bonds is 4. The number of likely N-dealkylation sites (tertiary alicyclic amines) is 1. The van der Waals surface area contributed by atoms with Crippen LogP contribution >= 0.6 is 22.6 Å². The third-order valence-electron chi connectivity index (χ3n) is 7.30. The molecule has 0 radical (unpaired) electrons. The minimum absolute atomic E-state index is 0.0385. The van der Waals surface area contributed by atoms with Crippen LogP contribution in [0.4, 0.5) is 5.69 Å². The first kappa shape index (κ1) is 21.4. The number of benzene rings is 1. The Morgan fingerprint density at radius 3 is 2.71 bits per heavy atom. The van der Waals surface area contributed by atoms with Gasteiger partial charge in [-0.3, -0.25) is 9.59 Å². The standard InChI is InChI=1S/C22H26IN3O4S/c1-11(2)7-8-26-19-13-4-3-12(9-13)17(19)20(27)18(22(26)28)21-24-15-6-5-14(23)10-16(15)31(29,30)25-21/h5-6,10-13,17-19H,3-4,7-9H2,1-2H3,(H,24,25)/t12-,13+,17+,18?,19-/m0/s1. The number of nitrogens with one attached hydrogen (secondary N) is 1. The van der Waals surface area contributed by atoms with Crippen molar-refractivity contribution in [2.75, 3.05) is 11.9 Å². The number of fused-ring (bicyclic) bond motifs is 6. The molecular weight excluding hydrogens is 529 g/mol.